The molecule has 0 radical (unpaired) electrons. The zero-order chi connectivity index (χ0) is 18.5. The lowest BCUT2D eigenvalue weighted by Gasteiger charge is -2.10. The van der Waals surface area contributed by atoms with Crippen LogP contribution in [0.2, 0.25) is 0 Å². The largest absolute Gasteiger partial charge is 0.493 e. The summed E-state index contributed by atoms with van der Waals surface area (Å²) in [4.78, 5) is 16.6. The van der Waals surface area contributed by atoms with Gasteiger partial charge in [-0.05, 0) is 24.3 Å². The van der Waals surface area contributed by atoms with Crippen LogP contribution in [0.5, 0.6) is 11.5 Å². The number of rotatable bonds is 5. The van der Waals surface area contributed by atoms with Gasteiger partial charge in [0.2, 0.25) is 0 Å². The minimum Gasteiger partial charge on any atom is -0.493 e. The second-order valence-corrected chi connectivity index (χ2v) is 6.97. The summed E-state index contributed by atoms with van der Waals surface area (Å²) in [5.74, 6) is 1.13. The maximum absolute atomic E-state index is 12.2. The predicted octanol–water partition coefficient (Wildman–Crippen LogP) is 5.23. The number of ether oxygens (including phenoxy) is 2. The topological polar surface area (TPSA) is 72.5 Å². The van der Waals surface area contributed by atoms with Crippen molar-refractivity contribution in [2.75, 3.05) is 24.9 Å². The van der Waals surface area contributed by atoms with E-state index in [4.69, 9.17) is 9.47 Å². The molecule has 2 amide bonds. The second-order valence-electron chi connectivity index (χ2n) is 5.19. The fourth-order valence-corrected chi connectivity index (χ4v) is 3.24. The van der Waals surface area contributed by atoms with Gasteiger partial charge in [0.05, 0.1) is 19.9 Å². The lowest BCUT2D eigenvalue weighted by Crippen LogP contribution is -2.19. The Morgan fingerprint density at radius 1 is 1.04 bits per heavy atom. The zero-order valence-electron chi connectivity index (χ0n) is 14.1. The summed E-state index contributed by atoms with van der Waals surface area (Å²) in [6.07, 6.45) is 0. The molecule has 0 aliphatic heterocycles. The van der Waals surface area contributed by atoms with E-state index < -0.39 is 0 Å². The Labute approximate surface area is 163 Å². The number of thiazole rings is 1. The van der Waals surface area contributed by atoms with Crippen molar-refractivity contribution in [3.8, 4) is 22.8 Å². The Hall–Kier alpha value is -2.58. The first kappa shape index (κ1) is 18.2. The molecule has 6 nitrogen and oxygen atoms in total. The maximum Gasteiger partial charge on any atom is 0.325 e. The van der Waals surface area contributed by atoms with Crippen LogP contribution in [0.25, 0.3) is 11.3 Å². The number of amides is 2. The fraction of sp³-hybridized carbons (Fsp3) is 0.111. The average Bonchev–Trinajstić information content (AvgIpc) is 3.10. The Balaban J connectivity index is 1.66. The van der Waals surface area contributed by atoms with Crippen molar-refractivity contribution in [1.29, 1.82) is 0 Å². The molecule has 0 unspecified atom stereocenters. The number of hydrogen-bond donors (Lipinski definition) is 2. The van der Waals surface area contributed by atoms with Crippen LogP contribution >= 0.6 is 27.3 Å². The van der Waals surface area contributed by atoms with Crippen molar-refractivity contribution in [1.82, 2.24) is 4.98 Å². The Bertz CT molecular complexity index is 912. The lowest BCUT2D eigenvalue weighted by atomic mass is 10.2. The molecule has 134 valence electrons. The van der Waals surface area contributed by atoms with E-state index in [0.29, 0.717) is 22.3 Å². The molecule has 3 rings (SSSR count). The molecule has 3 aromatic rings. The molecule has 0 atom stereocenters. The van der Waals surface area contributed by atoms with E-state index in [-0.39, 0.29) is 6.03 Å². The third-order valence-electron chi connectivity index (χ3n) is 3.51. The van der Waals surface area contributed by atoms with Crippen LogP contribution in [0.3, 0.4) is 0 Å². The zero-order valence-corrected chi connectivity index (χ0v) is 16.5. The molecule has 0 spiro atoms. The van der Waals surface area contributed by atoms with Crippen LogP contribution in [0.15, 0.2) is 52.3 Å². The van der Waals surface area contributed by atoms with Crippen LogP contribution in [0.4, 0.5) is 15.6 Å². The number of carbonyl (C=O) groups excluding carboxylic acids is 1. The number of methoxy groups -OCH3 is 2. The highest BCUT2D eigenvalue weighted by molar-refractivity contribution is 9.10. The van der Waals surface area contributed by atoms with Gasteiger partial charge in [-0.25, -0.2) is 9.78 Å². The Morgan fingerprint density at radius 3 is 2.46 bits per heavy atom. The first-order valence-corrected chi connectivity index (χ1v) is 9.28. The van der Waals surface area contributed by atoms with Crippen LogP contribution in [-0.4, -0.2) is 25.2 Å². The number of aromatic nitrogens is 1. The molecule has 0 fully saturated rings. The molecule has 8 heteroatoms. The smallest absolute Gasteiger partial charge is 0.325 e. The summed E-state index contributed by atoms with van der Waals surface area (Å²) in [7, 11) is 3.10. The van der Waals surface area contributed by atoms with Crippen molar-refractivity contribution in [3.63, 3.8) is 0 Å². The Morgan fingerprint density at radius 2 is 1.77 bits per heavy atom. The van der Waals surface area contributed by atoms with Gasteiger partial charge in [0.15, 0.2) is 16.6 Å². The third kappa shape index (κ3) is 4.33. The molecule has 0 saturated heterocycles. The van der Waals surface area contributed by atoms with Gasteiger partial charge in [-0.2, -0.15) is 0 Å². The summed E-state index contributed by atoms with van der Waals surface area (Å²) < 4.78 is 11.4. The molecular weight excluding hydrogens is 418 g/mol. The fourth-order valence-electron chi connectivity index (χ4n) is 2.26. The molecule has 2 N–H and O–H groups in total. The van der Waals surface area contributed by atoms with Gasteiger partial charge in [0, 0.05) is 27.2 Å². The Kier molecular flexibility index (Phi) is 5.75. The summed E-state index contributed by atoms with van der Waals surface area (Å²) in [6.45, 7) is 0. The van der Waals surface area contributed by atoms with Crippen LogP contribution < -0.4 is 20.1 Å². The number of halogens is 1. The number of nitrogens with zero attached hydrogens (tertiary/aromatic N) is 1. The monoisotopic (exact) mass is 433 g/mol. The van der Waals surface area contributed by atoms with Crippen molar-refractivity contribution in [2.45, 2.75) is 0 Å². The number of hydrogen-bond acceptors (Lipinski definition) is 5. The van der Waals surface area contributed by atoms with Gasteiger partial charge in [-0.3, -0.25) is 5.32 Å². The summed E-state index contributed by atoms with van der Waals surface area (Å²) in [5, 5.41) is 7.89. The molecular formula is C18H16BrN3O3S. The van der Waals surface area contributed by atoms with Crippen LogP contribution in [0, 0.1) is 0 Å². The van der Waals surface area contributed by atoms with Crippen molar-refractivity contribution in [3.05, 3.63) is 52.3 Å². The molecule has 1 heterocycles. The van der Waals surface area contributed by atoms with Crippen molar-refractivity contribution < 1.29 is 14.3 Å². The number of nitrogens with one attached hydrogen (secondary N) is 2. The molecule has 0 bridgehead atoms. The lowest BCUT2D eigenvalue weighted by molar-refractivity contribution is 0.262. The van der Waals surface area contributed by atoms with Gasteiger partial charge < -0.3 is 14.8 Å². The van der Waals surface area contributed by atoms with E-state index in [1.165, 1.54) is 11.3 Å². The number of benzene rings is 2. The minimum absolute atomic E-state index is 0.381. The standard InChI is InChI=1S/C18H16BrN3O3S/c1-24-15-8-7-13(9-16(15)25-2)20-17(23)22-18-21-14(10-26-18)11-3-5-12(19)6-4-11/h3-10H,1-2H3,(H2,20,21,22,23). The molecule has 0 saturated carbocycles. The highest BCUT2D eigenvalue weighted by Crippen LogP contribution is 2.30. The van der Waals surface area contributed by atoms with E-state index in [9.17, 15) is 4.79 Å². The van der Waals surface area contributed by atoms with Gasteiger partial charge in [0.25, 0.3) is 0 Å². The van der Waals surface area contributed by atoms with Crippen LogP contribution in [0.1, 0.15) is 0 Å². The maximum atomic E-state index is 12.2. The highest BCUT2D eigenvalue weighted by atomic mass is 79.9. The molecule has 0 aliphatic carbocycles. The third-order valence-corrected chi connectivity index (χ3v) is 4.79. The summed E-state index contributed by atoms with van der Waals surface area (Å²) in [5.41, 5.74) is 2.38. The highest BCUT2D eigenvalue weighted by Gasteiger charge is 2.10. The predicted molar refractivity (Wildman–Crippen MR) is 107 cm³/mol. The van der Waals surface area contributed by atoms with E-state index in [1.807, 2.05) is 29.6 Å². The van der Waals surface area contributed by atoms with E-state index in [0.717, 1.165) is 15.7 Å². The van der Waals surface area contributed by atoms with Gasteiger partial charge in [0.1, 0.15) is 0 Å². The minimum atomic E-state index is -0.381. The normalized spacial score (nSPS) is 10.3. The first-order chi connectivity index (χ1) is 12.6. The number of urea groups is 1. The van der Waals surface area contributed by atoms with Gasteiger partial charge in [-0.15, -0.1) is 11.3 Å². The number of anilines is 2. The van der Waals surface area contributed by atoms with E-state index in [1.54, 1.807) is 32.4 Å². The molecule has 1 aromatic heterocycles. The SMILES string of the molecule is COc1ccc(NC(=O)Nc2nc(-c3ccc(Br)cc3)cs2)cc1OC. The van der Waals surface area contributed by atoms with E-state index in [2.05, 4.69) is 31.5 Å². The number of carbonyl (C=O) groups is 1. The second kappa shape index (κ2) is 8.20. The quantitative estimate of drug-likeness (QED) is 0.577. The summed E-state index contributed by atoms with van der Waals surface area (Å²) >= 11 is 4.77. The average molecular weight is 434 g/mol. The molecule has 0 aliphatic rings. The van der Waals surface area contributed by atoms with Gasteiger partial charge in [-0.1, -0.05) is 28.1 Å². The van der Waals surface area contributed by atoms with Crippen molar-refractivity contribution >= 4 is 44.1 Å². The summed E-state index contributed by atoms with van der Waals surface area (Å²) in [6, 6.07) is 12.6. The van der Waals surface area contributed by atoms with Crippen LogP contribution in [-0.2, 0) is 0 Å². The molecule has 26 heavy (non-hydrogen) atoms. The molecule has 2 aromatic carbocycles. The van der Waals surface area contributed by atoms with E-state index >= 15 is 0 Å². The first-order valence-electron chi connectivity index (χ1n) is 7.60. The van der Waals surface area contributed by atoms with Crippen molar-refractivity contribution in [2.24, 2.45) is 0 Å². The van der Waals surface area contributed by atoms with Gasteiger partial charge >= 0.3 is 6.03 Å².